The van der Waals surface area contributed by atoms with Crippen molar-refractivity contribution in [3.8, 4) is 0 Å². The number of carbonyl (C=O) groups excluding carboxylic acids is 2. The third kappa shape index (κ3) is 14.3. The molecule has 0 saturated heterocycles. The van der Waals surface area contributed by atoms with Crippen LogP contribution < -0.4 is 0 Å². The molecule has 0 fully saturated rings. The molecule has 1 aromatic heterocycles. The first-order chi connectivity index (χ1) is 23.8. The zero-order chi connectivity index (χ0) is 35.3. The van der Waals surface area contributed by atoms with Gasteiger partial charge in [0.15, 0.2) is 5.78 Å². The number of hydrogen-bond donors (Lipinski definition) is 2. The lowest BCUT2D eigenvalue weighted by Crippen LogP contribution is -2.27. The molecule has 0 spiro atoms. The fourth-order valence-corrected chi connectivity index (χ4v) is 7.10. The van der Waals surface area contributed by atoms with Crippen LogP contribution in [-0.2, 0) is 9.59 Å². The Morgan fingerprint density at radius 3 is 1.61 bits per heavy atom. The number of thiazole rings is 1. The maximum absolute atomic E-state index is 13.2. The Kier molecular flexibility index (Phi) is 19.1. The second kappa shape index (κ2) is 23.3. The summed E-state index contributed by atoms with van der Waals surface area (Å²) in [6.07, 6.45) is 36.7. The predicted molar refractivity (Wildman–Crippen MR) is 206 cm³/mol. The summed E-state index contributed by atoms with van der Waals surface area (Å²) in [5.41, 5.74) is 1.22. The minimum absolute atomic E-state index is 0.106. The summed E-state index contributed by atoms with van der Waals surface area (Å²) in [6.45, 7) is 8.20. The van der Waals surface area contributed by atoms with E-state index in [4.69, 9.17) is 0 Å². The highest BCUT2D eigenvalue weighted by atomic mass is 32.1. The average molecular weight is 691 g/mol. The van der Waals surface area contributed by atoms with Gasteiger partial charge < -0.3 is 15.1 Å². The van der Waals surface area contributed by atoms with Crippen molar-refractivity contribution in [3.63, 3.8) is 0 Å². The number of carbonyl (C=O) groups is 2. The first kappa shape index (κ1) is 40.2. The van der Waals surface area contributed by atoms with Gasteiger partial charge in [0.1, 0.15) is 16.5 Å². The van der Waals surface area contributed by atoms with Crippen LogP contribution in [0.25, 0.3) is 6.08 Å². The van der Waals surface area contributed by atoms with E-state index in [0.717, 1.165) is 41.5 Å². The number of ketones is 2. The van der Waals surface area contributed by atoms with E-state index in [1.807, 2.05) is 6.92 Å². The Bertz CT molecular complexity index is 1350. The number of unbranched alkanes of at least 4 members (excludes halogenated alkanes) is 18. The number of Topliss-reactive ketones (excluding diaryl/α,β-unsaturated/α-hetero) is 1. The third-order valence-corrected chi connectivity index (χ3v) is 10.4. The van der Waals surface area contributed by atoms with E-state index in [-0.39, 0.29) is 39.8 Å². The zero-order valence-electron chi connectivity index (χ0n) is 30.6. The van der Waals surface area contributed by atoms with Gasteiger partial charge in [-0.3, -0.25) is 9.59 Å². The third-order valence-electron chi connectivity index (χ3n) is 9.48. The van der Waals surface area contributed by atoms with Gasteiger partial charge in [-0.25, -0.2) is 4.98 Å². The molecule has 2 N–H and O–H groups in total. The lowest BCUT2D eigenvalue weighted by atomic mass is 9.87. The van der Waals surface area contributed by atoms with Gasteiger partial charge in [-0.1, -0.05) is 129 Å². The van der Waals surface area contributed by atoms with Crippen LogP contribution in [0.1, 0.15) is 152 Å². The summed E-state index contributed by atoms with van der Waals surface area (Å²) in [5.74, 6) is -0.822. The van der Waals surface area contributed by atoms with Crippen molar-refractivity contribution in [1.29, 1.82) is 0 Å². The molecule has 0 radical (unpaired) electrons. The molecular formula is C42H62N2O4S. The molecule has 2 aliphatic rings. The highest BCUT2D eigenvalue weighted by molar-refractivity contribution is 7.12. The molecule has 49 heavy (non-hydrogen) atoms. The molecule has 7 heteroatoms. The van der Waals surface area contributed by atoms with Crippen LogP contribution in [0.5, 0.6) is 0 Å². The topological polar surface area (TPSA) is 90.7 Å². The van der Waals surface area contributed by atoms with Crippen molar-refractivity contribution in [2.75, 3.05) is 13.1 Å². The quantitative estimate of drug-likeness (QED) is 0.0743. The van der Waals surface area contributed by atoms with Crippen molar-refractivity contribution in [3.05, 3.63) is 80.4 Å². The molecule has 1 heterocycles. The summed E-state index contributed by atoms with van der Waals surface area (Å²) < 4.78 is 0. The van der Waals surface area contributed by atoms with Crippen LogP contribution in [0.3, 0.4) is 0 Å². The van der Waals surface area contributed by atoms with Crippen LogP contribution >= 0.6 is 11.3 Å². The number of hydrogen-bond acceptors (Lipinski definition) is 7. The molecule has 0 atom stereocenters. The van der Waals surface area contributed by atoms with Crippen LogP contribution in [0, 0.1) is 6.92 Å². The molecule has 0 unspecified atom stereocenters. The monoisotopic (exact) mass is 690 g/mol. The van der Waals surface area contributed by atoms with Crippen molar-refractivity contribution in [2.24, 2.45) is 0 Å². The number of aliphatic hydroxyl groups excluding tert-OH is 2. The van der Waals surface area contributed by atoms with Gasteiger partial charge in [0.2, 0.25) is 5.78 Å². The van der Waals surface area contributed by atoms with Gasteiger partial charge in [0, 0.05) is 42.0 Å². The van der Waals surface area contributed by atoms with E-state index < -0.39 is 0 Å². The molecular weight excluding hydrogens is 629 g/mol. The first-order valence-electron chi connectivity index (χ1n) is 19.3. The van der Waals surface area contributed by atoms with Crippen LogP contribution in [0.2, 0.25) is 0 Å². The van der Waals surface area contributed by atoms with Crippen molar-refractivity contribution >= 4 is 29.0 Å². The molecule has 0 saturated carbocycles. The Balaban J connectivity index is 1.55. The fourth-order valence-electron chi connectivity index (χ4n) is 6.42. The van der Waals surface area contributed by atoms with Gasteiger partial charge in [0.25, 0.3) is 0 Å². The van der Waals surface area contributed by atoms with Crippen molar-refractivity contribution in [2.45, 2.75) is 149 Å². The Hall–Kier alpha value is -3.19. The molecule has 270 valence electrons. The summed E-state index contributed by atoms with van der Waals surface area (Å²) in [7, 11) is 0. The van der Waals surface area contributed by atoms with Gasteiger partial charge in [-0.2, -0.15) is 0 Å². The molecule has 0 aromatic carbocycles. The molecule has 2 aliphatic carbocycles. The Morgan fingerprint density at radius 2 is 1.16 bits per heavy atom. The maximum Gasteiger partial charge on any atom is 0.200 e. The Morgan fingerprint density at radius 1 is 0.673 bits per heavy atom. The summed E-state index contributed by atoms with van der Waals surface area (Å²) in [5, 5.41) is 22.2. The number of aryl methyl sites for hydroxylation is 1. The standard InChI is InChI=1S/C42H62N2O4S/c1-4-6-8-10-12-14-16-18-20-22-28-44(29-23-21-19-17-15-13-11-9-7-5-2)34-30-38(45)35(39(46)31-34)24-25-36-41(47)37(42(36)48)26-27-40-43-32-33(3)49-40/h24-27,30-32,45,47H,4-23,28-29H2,1-3H3/b27-26+,35-24?,36-25-. The van der Waals surface area contributed by atoms with Gasteiger partial charge in [-0.15, -0.1) is 11.3 Å². The van der Waals surface area contributed by atoms with Crippen molar-refractivity contribution in [1.82, 2.24) is 9.88 Å². The molecule has 0 bridgehead atoms. The van der Waals surface area contributed by atoms with Crippen LogP contribution in [0.15, 0.2) is 70.5 Å². The Labute approximate surface area is 300 Å². The molecule has 0 aliphatic heterocycles. The van der Waals surface area contributed by atoms with E-state index in [2.05, 4.69) is 23.7 Å². The summed E-state index contributed by atoms with van der Waals surface area (Å²) in [4.78, 5) is 33.5. The lowest BCUT2D eigenvalue weighted by Gasteiger charge is -2.28. The van der Waals surface area contributed by atoms with Gasteiger partial charge in [-0.05, 0) is 44.1 Å². The van der Waals surface area contributed by atoms with Crippen molar-refractivity contribution < 1.29 is 19.8 Å². The number of nitrogens with zero attached hydrogens (tertiary/aromatic N) is 2. The largest absolute Gasteiger partial charge is 0.507 e. The fraction of sp³-hybridized carbons (Fsp3) is 0.595. The predicted octanol–water partition coefficient (Wildman–Crippen LogP) is 11.8. The van der Waals surface area contributed by atoms with E-state index >= 15 is 0 Å². The molecule has 1 aromatic rings. The number of aliphatic hydroxyl groups is 2. The average Bonchev–Trinajstić information content (AvgIpc) is 3.51. The zero-order valence-corrected chi connectivity index (χ0v) is 31.4. The summed E-state index contributed by atoms with van der Waals surface area (Å²) in [6, 6.07) is 0. The molecule has 0 amide bonds. The number of rotatable bonds is 26. The lowest BCUT2D eigenvalue weighted by molar-refractivity contribution is -0.113. The SMILES string of the molecule is CCCCCCCCCCCCN(CCCCCCCCCCCC)C1=CC(=O)C(=C/C=C2\C(=O)C(/C=C/c3ncc(C)s3)=C2O)C(O)=C1. The van der Waals surface area contributed by atoms with E-state index in [1.54, 1.807) is 30.5 Å². The van der Waals surface area contributed by atoms with Crippen LogP contribution in [-0.4, -0.2) is 44.8 Å². The minimum atomic E-state index is -0.305. The second-order valence-electron chi connectivity index (χ2n) is 13.7. The minimum Gasteiger partial charge on any atom is -0.507 e. The maximum atomic E-state index is 13.2. The van der Waals surface area contributed by atoms with E-state index in [1.165, 1.54) is 139 Å². The van der Waals surface area contributed by atoms with Gasteiger partial charge >= 0.3 is 0 Å². The second-order valence-corrected chi connectivity index (χ2v) is 15.0. The first-order valence-corrected chi connectivity index (χ1v) is 20.1. The molecule has 6 nitrogen and oxygen atoms in total. The van der Waals surface area contributed by atoms with E-state index in [0.29, 0.717) is 0 Å². The molecule has 3 rings (SSSR count). The smallest absolute Gasteiger partial charge is 0.200 e. The van der Waals surface area contributed by atoms with Gasteiger partial charge in [0.05, 0.1) is 16.7 Å². The van der Waals surface area contributed by atoms with E-state index in [9.17, 15) is 19.8 Å². The normalized spacial score (nSPS) is 16.6. The summed E-state index contributed by atoms with van der Waals surface area (Å²) >= 11 is 1.50. The number of aromatic nitrogens is 1. The highest BCUT2D eigenvalue weighted by Crippen LogP contribution is 2.31. The highest BCUT2D eigenvalue weighted by Gasteiger charge is 2.31. The van der Waals surface area contributed by atoms with Crippen LogP contribution in [0.4, 0.5) is 0 Å². The number of allylic oxidation sites excluding steroid dienone is 8.